The van der Waals surface area contributed by atoms with Crippen LogP contribution in [0.3, 0.4) is 0 Å². The van der Waals surface area contributed by atoms with E-state index in [1.807, 2.05) is 60.7 Å². The highest BCUT2D eigenvalue weighted by Gasteiger charge is 2.26. The molecule has 1 amide bonds. The Balaban J connectivity index is 2.23. The van der Waals surface area contributed by atoms with Gasteiger partial charge in [-0.2, -0.15) is 0 Å². The number of aliphatic hydroxyl groups excluding tert-OH is 1. The number of aliphatic hydroxyl groups is 1. The molecule has 1 N–H and O–H groups in total. The molecule has 0 bridgehead atoms. The maximum absolute atomic E-state index is 12.3. The minimum absolute atomic E-state index is 0.0886. The fraction of sp³-hybridized carbons (Fsp3) is 0.350. The standard InChI is InChI=1S/C20H24ClNO3/c1-25-15-19(23)18(17-10-6-3-7-11-17)14-22(20(24)12-21)13-16-8-4-2-5-9-16/h2-11,18-19,23H,12-15H2,1H3/t18-,19+/m0/s1. The first kappa shape index (κ1) is 19.4. The van der Waals surface area contributed by atoms with Gasteiger partial charge in [0.1, 0.15) is 5.88 Å². The van der Waals surface area contributed by atoms with Gasteiger partial charge in [0.2, 0.25) is 5.91 Å². The Morgan fingerprint density at radius 3 is 2.28 bits per heavy atom. The molecule has 0 heterocycles. The van der Waals surface area contributed by atoms with E-state index >= 15 is 0 Å². The van der Waals surface area contributed by atoms with Crippen molar-refractivity contribution in [2.24, 2.45) is 0 Å². The van der Waals surface area contributed by atoms with Gasteiger partial charge in [0.25, 0.3) is 0 Å². The van der Waals surface area contributed by atoms with E-state index in [2.05, 4.69) is 0 Å². The van der Waals surface area contributed by atoms with Crippen LogP contribution >= 0.6 is 11.6 Å². The first-order valence-corrected chi connectivity index (χ1v) is 8.78. The van der Waals surface area contributed by atoms with Crippen LogP contribution in [-0.4, -0.2) is 48.2 Å². The molecule has 0 aromatic heterocycles. The lowest BCUT2D eigenvalue weighted by Crippen LogP contribution is -2.39. The van der Waals surface area contributed by atoms with E-state index < -0.39 is 6.10 Å². The number of methoxy groups -OCH3 is 1. The van der Waals surface area contributed by atoms with Gasteiger partial charge in [0.05, 0.1) is 12.7 Å². The summed E-state index contributed by atoms with van der Waals surface area (Å²) in [5.41, 5.74) is 1.99. The van der Waals surface area contributed by atoms with Crippen LogP contribution in [0, 0.1) is 0 Å². The monoisotopic (exact) mass is 361 g/mol. The molecular weight excluding hydrogens is 338 g/mol. The summed E-state index contributed by atoms with van der Waals surface area (Å²) in [6.45, 7) is 1.03. The first-order valence-electron chi connectivity index (χ1n) is 8.25. The third-order valence-electron chi connectivity index (χ3n) is 4.13. The zero-order chi connectivity index (χ0) is 18.1. The van der Waals surface area contributed by atoms with Crippen LogP contribution in [0.1, 0.15) is 17.0 Å². The zero-order valence-corrected chi connectivity index (χ0v) is 15.1. The molecular formula is C20H24ClNO3. The molecule has 0 spiro atoms. The van der Waals surface area contributed by atoms with Crippen molar-refractivity contribution in [1.29, 1.82) is 0 Å². The smallest absolute Gasteiger partial charge is 0.237 e. The van der Waals surface area contributed by atoms with Crippen LogP contribution in [-0.2, 0) is 16.1 Å². The molecule has 2 rings (SSSR count). The number of hydrogen-bond acceptors (Lipinski definition) is 3. The number of ether oxygens (including phenoxy) is 1. The van der Waals surface area contributed by atoms with Crippen molar-refractivity contribution in [2.75, 3.05) is 26.1 Å². The topological polar surface area (TPSA) is 49.8 Å². The number of amides is 1. The summed E-state index contributed by atoms with van der Waals surface area (Å²) in [5.74, 6) is -0.498. The van der Waals surface area contributed by atoms with Gasteiger partial charge >= 0.3 is 0 Å². The maximum Gasteiger partial charge on any atom is 0.237 e. The van der Waals surface area contributed by atoms with Crippen molar-refractivity contribution in [1.82, 2.24) is 4.90 Å². The van der Waals surface area contributed by atoms with Crippen LogP contribution < -0.4 is 0 Å². The van der Waals surface area contributed by atoms with E-state index in [-0.39, 0.29) is 24.3 Å². The molecule has 25 heavy (non-hydrogen) atoms. The van der Waals surface area contributed by atoms with Gasteiger partial charge in [-0.25, -0.2) is 0 Å². The molecule has 0 aliphatic carbocycles. The summed E-state index contributed by atoms with van der Waals surface area (Å²) < 4.78 is 5.11. The quantitative estimate of drug-likeness (QED) is 0.698. The van der Waals surface area contributed by atoms with E-state index in [4.69, 9.17) is 16.3 Å². The fourth-order valence-electron chi connectivity index (χ4n) is 2.82. The molecule has 0 fully saturated rings. The van der Waals surface area contributed by atoms with Crippen molar-refractivity contribution >= 4 is 17.5 Å². The molecule has 2 aromatic carbocycles. The lowest BCUT2D eigenvalue weighted by molar-refractivity contribution is -0.129. The number of alkyl halides is 1. The number of hydrogen-bond donors (Lipinski definition) is 1. The molecule has 5 heteroatoms. The second kappa shape index (κ2) is 10.2. The largest absolute Gasteiger partial charge is 0.390 e. The van der Waals surface area contributed by atoms with Crippen LogP contribution in [0.25, 0.3) is 0 Å². The minimum Gasteiger partial charge on any atom is -0.390 e. The predicted molar refractivity (Wildman–Crippen MR) is 99.6 cm³/mol. The van der Waals surface area contributed by atoms with E-state index in [1.165, 1.54) is 0 Å². The van der Waals surface area contributed by atoms with E-state index in [1.54, 1.807) is 12.0 Å². The highest BCUT2D eigenvalue weighted by Crippen LogP contribution is 2.23. The summed E-state index contributed by atoms with van der Waals surface area (Å²) in [7, 11) is 1.55. The second-order valence-corrected chi connectivity index (χ2v) is 6.20. The molecule has 0 saturated carbocycles. The molecule has 0 aliphatic heterocycles. The Morgan fingerprint density at radius 1 is 1.12 bits per heavy atom. The van der Waals surface area contributed by atoms with Gasteiger partial charge in [-0.15, -0.1) is 11.6 Å². The Hall–Kier alpha value is -1.88. The highest BCUT2D eigenvalue weighted by atomic mass is 35.5. The minimum atomic E-state index is -0.714. The van der Waals surface area contributed by atoms with Gasteiger partial charge in [-0.3, -0.25) is 4.79 Å². The third-order valence-corrected chi connectivity index (χ3v) is 4.36. The van der Waals surface area contributed by atoms with E-state index in [0.717, 1.165) is 11.1 Å². The predicted octanol–water partition coefficient (Wildman–Crippen LogP) is 3.05. The molecule has 0 saturated heterocycles. The van der Waals surface area contributed by atoms with Crippen LogP contribution in [0.15, 0.2) is 60.7 Å². The molecule has 134 valence electrons. The number of carbonyl (C=O) groups excluding carboxylic acids is 1. The Bertz CT molecular complexity index is 636. The molecule has 0 unspecified atom stereocenters. The Kier molecular flexibility index (Phi) is 7.92. The van der Waals surface area contributed by atoms with E-state index in [9.17, 15) is 9.90 Å². The number of halogens is 1. The lowest BCUT2D eigenvalue weighted by Gasteiger charge is -2.30. The van der Waals surface area contributed by atoms with Crippen LogP contribution in [0.2, 0.25) is 0 Å². The summed E-state index contributed by atoms with van der Waals surface area (Å²) in [6, 6.07) is 19.4. The highest BCUT2D eigenvalue weighted by molar-refractivity contribution is 6.27. The number of carbonyl (C=O) groups is 1. The Morgan fingerprint density at radius 2 is 1.72 bits per heavy atom. The first-order chi connectivity index (χ1) is 12.2. The fourth-order valence-corrected chi connectivity index (χ4v) is 2.99. The lowest BCUT2D eigenvalue weighted by atomic mass is 9.92. The SMILES string of the molecule is COC[C@@H](O)[C@@H](CN(Cc1ccccc1)C(=O)CCl)c1ccccc1. The average Bonchev–Trinajstić information content (AvgIpc) is 2.66. The summed E-state index contributed by atoms with van der Waals surface area (Å²) in [5, 5.41) is 10.5. The van der Waals surface area contributed by atoms with Gasteiger partial charge in [-0.05, 0) is 11.1 Å². The normalized spacial score (nSPS) is 13.2. The maximum atomic E-state index is 12.3. The molecule has 4 nitrogen and oxygen atoms in total. The van der Waals surface area contributed by atoms with E-state index in [0.29, 0.717) is 13.1 Å². The van der Waals surface area contributed by atoms with Gasteiger partial charge in [0, 0.05) is 26.1 Å². The molecule has 0 aliphatic rings. The Labute approximate surface area is 154 Å². The van der Waals surface area contributed by atoms with Crippen molar-refractivity contribution in [3.05, 3.63) is 71.8 Å². The van der Waals surface area contributed by atoms with Crippen LogP contribution in [0.4, 0.5) is 0 Å². The van der Waals surface area contributed by atoms with Crippen molar-refractivity contribution in [3.8, 4) is 0 Å². The van der Waals surface area contributed by atoms with Gasteiger partial charge < -0.3 is 14.7 Å². The number of benzene rings is 2. The van der Waals surface area contributed by atoms with Crippen molar-refractivity contribution in [2.45, 2.75) is 18.6 Å². The van der Waals surface area contributed by atoms with Crippen LogP contribution in [0.5, 0.6) is 0 Å². The zero-order valence-electron chi connectivity index (χ0n) is 14.3. The summed E-state index contributed by atoms with van der Waals surface area (Å²) in [4.78, 5) is 14.0. The number of nitrogens with zero attached hydrogens (tertiary/aromatic N) is 1. The summed E-state index contributed by atoms with van der Waals surface area (Å²) >= 11 is 5.80. The molecule has 2 atom stereocenters. The van der Waals surface area contributed by atoms with Gasteiger partial charge in [0.15, 0.2) is 0 Å². The number of rotatable bonds is 9. The molecule has 0 radical (unpaired) electrons. The second-order valence-electron chi connectivity index (χ2n) is 5.93. The van der Waals surface area contributed by atoms with Crippen molar-refractivity contribution in [3.63, 3.8) is 0 Å². The third kappa shape index (κ3) is 5.85. The van der Waals surface area contributed by atoms with Gasteiger partial charge in [-0.1, -0.05) is 60.7 Å². The summed E-state index contributed by atoms with van der Waals surface area (Å²) in [6.07, 6.45) is -0.714. The average molecular weight is 362 g/mol. The van der Waals surface area contributed by atoms with Crippen molar-refractivity contribution < 1.29 is 14.6 Å². The molecule has 2 aromatic rings.